The molecule has 20 heavy (non-hydrogen) atoms. The molecule has 2 rings (SSSR count). The summed E-state index contributed by atoms with van der Waals surface area (Å²) in [5.41, 5.74) is 6.61. The SMILES string of the molecule is CC(C)(C)NCc1ccc(N2CCC(C(N)=O)C2)nc1. The number of rotatable bonds is 4. The number of nitrogens with one attached hydrogen (secondary N) is 1. The summed E-state index contributed by atoms with van der Waals surface area (Å²) in [6.07, 6.45) is 2.72. The maximum Gasteiger partial charge on any atom is 0.222 e. The Balaban J connectivity index is 1.94. The van der Waals surface area contributed by atoms with E-state index < -0.39 is 0 Å². The van der Waals surface area contributed by atoms with Gasteiger partial charge in [0.25, 0.3) is 0 Å². The first-order chi connectivity index (χ1) is 9.35. The number of pyridine rings is 1. The molecule has 1 aromatic rings. The van der Waals surface area contributed by atoms with E-state index in [1.165, 1.54) is 0 Å². The van der Waals surface area contributed by atoms with Gasteiger partial charge in [0.05, 0.1) is 5.92 Å². The van der Waals surface area contributed by atoms with E-state index in [1.807, 2.05) is 12.3 Å². The van der Waals surface area contributed by atoms with Crippen LogP contribution in [0, 0.1) is 5.92 Å². The lowest BCUT2D eigenvalue weighted by molar-refractivity contribution is -0.121. The van der Waals surface area contributed by atoms with Crippen molar-refractivity contribution in [3.8, 4) is 0 Å². The van der Waals surface area contributed by atoms with Crippen LogP contribution in [0.15, 0.2) is 18.3 Å². The van der Waals surface area contributed by atoms with Crippen molar-refractivity contribution in [3.05, 3.63) is 23.9 Å². The summed E-state index contributed by atoms with van der Waals surface area (Å²) in [5.74, 6) is 0.672. The first-order valence-electron chi connectivity index (χ1n) is 7.09. The van der Waals surface area contributed by atoms with Crippen molar-refractivity contribution in [2.75, 3.05) is 18.0 Å². The molecule has 2 heterocycles. The van der Waals surface area contributed by atoms with E-state index in [0.717, 1.165) is 30.9 Å². The molecule has 0 radical (unpaired) electrons. The second-order valence-electron chi connectivity index (χ2n) is 6.46. The van der Waals surface area contributed by atoms with Crippen LogP contribution < -0.4 is 16.0 Å². The van der Waals surface area contributed by atoms with E-state index in [0.29, 0.717) is 6.54 Å². The molecule has 0 bridgehead atoms. The van der Waals surface area contributed by atoms with E-state index >= 15 is 0 Å². The Morgan fingerprint density at radius 3 is 2.75 bits per heavy atom. The molecule has 1 atom stereocenters. The molecule has 3 N–H and O–H groups in total. The minimum Gasteiger partial charge on any atom is -0.369 e. The smallest absolute Gasteiger partial charge is 0.222 e. The van der Waals surface area contributed by atoms with Gasteiger partial charge in [-0.3, -0.25) is 4.79 Å². The highest BCUT2D eigenvalue weighted by Crippen LogP contribution is 2.22. The summed E-state index contributed by atoms with van der Waals surface area (Å²) in [5, 5.41) is 3.43. The minimum atomic E-state index is -0.210. The zero-order chi connectivity index (χ0) is 14.8. The first kappa shape index (κ1) is 14.8. The van der Waals surface area contributed by atoms with Gasteiger partial charge in [0.2, 0.25) is 5.91 Å². The summed E-state index contributed by atoms with van der Waals surface area (Å²) in [7, 11) is 0. The number of aromatic nitrogens is 1. The second-order valence-corrected chi connectivity index (χ2v) is 6.46. The Morgan fingerprint density at radius 2 is 2.25 bits per heavy atom. The van der Waals surface area contributed by atoms with E-state index in [2.05, 4.69) is 42.0 Å². The van der Waals surface area contributed by atoms with Crippen LogP contribution in [0.3, 0.4) is 0 Å². The van der Waals surface area contributed by atoms with Crippen LogP contribution in [0.1, 0.15) is 32.8 Å². The third-order valence-corrected chi connectivity index (χ3v) is 3.55. The van der Waals surface area contributed by atoms with E-state index in [9.17, 15) is 4.79 Å². The van der Waals surface area contributed by atoms with Crippen LogP contribution in [0.4, 0.5) is 5.82 Å². The number of primary amides is 1. The molecular weight excluding hydrogens is 252 g/mol. The van der Waals surface area contributed by atoms with Crippen LogP contribution in [0.2, 0.25) is 0 Å². The molecule has 1 aromatic heterocycles. The third-order valence-electron chi connectivity index (χ3n) is 3.55. The van der Waals surface area contributed by atoms with Crippen LogP contribution in [0.25, 0.3) is 0 Å². The fourth-order valence-corrected chi connectivity index (χ4v) is 2.28. The molecule has 0 aromatic carbocycles. The number of carbonyl (C=O) groups excluding carboxylic acids is 1. The Labute approximate surface area is 120 Å². The maximum absolute atomic E-state index is 11.2. The van der Waals surface area contributed by atoms with Gasteiger partial charge >= 0.3 is 0 Å². The molecule has 0 spiro atoms. The molecular formula is C15H24N4O. The number of nitrogens with two attached hydrogens (primary N) is 1. The first-order valence-corrected chi connectivity index (χ1v) is 7.09. The minimum absolute atomic E-state index is 0.0426. The molecule has 5 heteroatoms. The Hall–Kier alpha value is -1.62. The van der Waals surface area contributed by atoms with Gasteiger partial charge in [-0.15, -0.1) is 0 Å². The standard InChI is InChI=1S/C15H24N4O/c1-15(2,3)18-9-11-4-5-13(17-8-11)19-7-6-12(10-19)14(16)20/h4-5,8,12,18H,6-7,9-10H2,1-3H3,(H2,16,20). The summed E-state index contributed by atoms with van der Waals surface area (Å²) < 4.78 is 0. The quantitative estimate of drug-likeness (QED) is 0.869. The molecule has 1 aliphatic heterocycles. The summed E-state index contributed by atoms with van der Waals surface area (Å²) in [6.45, 7) is 8.76. The Morgan fingerprint density at radius 1 is 1.50 bits per heavy atom. The lowest BCUT2D eigenvalue weighted by atomic mass is 10.1. The van der Waals surface area contributed by atoms with Crippen molar-refractivity contribution in [3.63, 3.8) is 0 Å². The zero-order valence-corrected chi connectivity index (χ0v) is 12.5. The zero-order valence-electron chi connectivity index (χ0n) is 12.5. The summed E-state index contributed by atoms with van der Waals surface area (Å²) in [4.78, 5) is 17.8. The van der Waals surface area contributed by atoms with Gasteiger partial charge in [-0.05, 0) is 38.8 Å². The van der Waals surface area contributed by atoms with Crippen molar-refractivity contribution in [1.29, 1.82) is 0 Å². The molecule has 1 fully saturated rings. The van der Waals surface area contributed by atoms with Gasteiger partial charge in [-0.2, -0.15) is 0 Å². The number of nitrogens with zero attached hydrogens (tertiary/aromatic N) is 2. The van der Waals surface area contributed by atoms with Gasteiger partial charge in [0, 0.05) is 31.4 Å². The predicted molar refractivity (Wildman–Crippen MR) is 80.3 cm³/mol. The monoisotopic (exact) mass is 276 g/mol. The van der Waals surface area contributed by atoms with Crippen molar-refractivity contribution >= 4 is 11.7 Å². The van der Waals surface area contributed by atoms with Crippen molar-refractivity contribution < 1.29 is 4.79 Å². The number of carbonyl (C=O) groups is 1. The van der Waals surface area contributed by atoms with Crippen molar-refractivity contribution in [2.45, 2.75) is 39.3 Å². The van der Waals surface area contributed by atoms with Crippen molar-refractivity contribution in [2.24, 2.45) is 11.7 Å². The highest BCUT2D eigenvalue weighted by molar-refractivity contribution is 5.78. The lowest BCUT2D eigenvalue weighted by Gasteiger charge is -2.21. The van der Waals surface area contributed by atoms with E-state index in [4.69, 9.17) is 5.73 Å². The van der Waals surface area contributed by atoms with E-state index in [1.54, 1.807) is 0 Å². The third kappa shape index (κ3) is 3.93. The predicted octanol–water partition coefficient (Wildman–Crippen LogP) is 1.28. The fourth-order valence-electron chi connectivity index (χ4n) is 2.28. The van der Waals surface area contributed by atoms with Gasteiger partial charge in [-0.1, -0.05) is 6.07 Å². The number of hydrogen-bond acceptors (Lipinski definition) is 4. The molecule has 5 nitrogen and oxygen atoms in total. The fraction of sp³-hybridized carbons (Fsp3) is 0.600. The van der Waals surface area contributed by atoms with Crippen LogP contribution in [-0.2, 0) is 11.3 Å². The largest absolute Gasteiger partial charge is 0.369 e. The molecule has 0 saturated carbocycles. The topological polar surface area (TPSA) is 71.2 Å². The number of amides is 1. The molecule has 1 amide bonds. The molecule has 110 valence electrons. The summed E-state index contributed by atoms with van der Waals surface area (Å²) >= 11 is 0. The molecule has 1 unspecified atom stereocenters. The Kier molecular flexibility index (Phi) is 4.28. The highest BCUT2D eigenvalue weighted by Gasteiger charge is 2.27. The lowest BCUT2D eigenvalue weighted by Crippen LogP contribution is -2.35. The maximum atomic E-state index is 11.2. The number of anilines is 1. The second kappa shape index (κ2) is 5.79. The highest BCUT2D eigenvalue weighted by atomic mass is 16.1. The molecule has 1 aliphatic rings. The Bertz CT molecular complexity index is 464. The molecule has 0 aliphatic carbocycles. The van der Waals surface area contributed by atoms with Crippen LogP contribution >= 0.6 is 0 Å². The average molecular weight is 276 g/mol. The van der Waals surface area contributed by atoms with Crippen LogP contribution in [0.5, 0.6) is 0 Å². The van der Waals surface area contributed by atoms with Gasteiger partial charge in [0.1, 0.15) is 5.82 Å². The van der Waals surface area contributed by atoms with Gasteiger partial charge in [-0.25, -0.2) is 4.98 Å². The van der Waals surface area contributed by atoms with E-state index in [-0.39, 0.29) is 17.4 Å². The molecule has 1 saturated heterocycles. The average Bonchev–Trinajstić information content (AvgIpc) is 2.86. The van der Waals surface area contributed by atoms with Crippen molar-refractivity contribution in [1.82, 2.24) is 10.3 Å². The normalized spacial score (nSPS) is 19.4. The van der Waals surface area contributed by atoms with Crippen LogP contribution in [-0.4, -0.2) is 29.5 Å². The summed E-state index contributed by atoms with van der Waals surface area (Å²) in [6, 6.07) is 4.10. The number of hydrogen-bond donors (Lipinski definition) is 2. The van der Waals surface area contributed by atoms with Gasteiger partial charge in [0.15, 0.2) is 0 Å². The van der Waals surface area contributed by atoms with Gasteiger partial charge < -0.3 is 16.0 Å².